The molecule has 0 radical (unpaired) electrons. The molecule has 5 nitrogen and oxygen atoms in total. The van der Waals surface area contributed by atoms with E-state index in [0.29, 0.717) is 0 Å². The summed E-state index contributed by atoms with van der Waals surface area (Å²) in [6.07, 6.45) is 10.6. The first-order valence-corrected chi connectivity index (χ1v) is 10.2. The summed E-state index contributed by atoms with van der Waals surface area (Å²) in [5.41, 5.74) is 0.902. The van der Waals surface area contributed by atoms with E-state index in [4.69, 9.17) is 0 Å². The number of amides is 1. The number of hydrogen-bond acceptors (Lipinski definition) is 2. The second-order valence-corrected chi connectivity index (χ2v) is 8.03. The van der Waals surface area contributed by atoms with Crippen molar-refractivity contribution in [3.05, 3.63) is 54.6 Å². The molecule has 0 bridgehead atoms. The van der Waals surface area contributed by atoms with Gasteiger partial charge in [-0.05, 0) is 32.3 Å². The molecule has 2 heterocycles. The average Bonchev–Trinajstić information content (AvgIpc) is 3.18. The molecule has 1 aliphatic rings. The van der Waals surface area contributed by atoms with Crippen molar-refractivity contribution in [3.63, 3.8) is 0 Å². The maximum Gasteiger partial charge on any atom is 0.243 e. The van der Waals surface area contributed by atoms with Gasteiger partial charge >= 0.3 is 0 Å². The summed E-state index contributed by atoms with van der Waals surface area (Å²) < 4.78 is 4.46. The standard InChI is InChI=1S/C22H33N4O.HI/c1-4-5-12-24-15-16-25(18-24)13-9-14-26-21(27)20(23-22(26,2)3)17-19-10-7-6-8-11-19;/h6-8,10-11,15-16,18,20,23H,4-5,9,12-14,17H2,1-3H3;1H/q+1;/p-1/t20-;/m0./s1. The van der Waals surface area contributed by atoms with Crippen molar-refractivity contribution in [3.8, 4) is 0 Å². The Morgan fingerprint density at radius 1 is 1.14 bits per heavy atom. The van der Waals surface area contributed by atoms with Gasteiger partial charge in [-0.15, -0.1) is 0 Å². The lowest BCUT2D eigenvalue weighted by atomic mass is 10.1. The van der Waals surface area contributed by atoms with E-state index in [-0.39, 0.29) is 41.6 Å². The lowest BCUT2D eigenvalue weighted by Gasteiger charge is -2.31. The minimum atomic E-state index is -0.297. The van der Waals surface area contributed by atoms with Crippen molar-refractivity contribution in [2.45, 2.75) is 71.2 Å². The van der Waals surface area contributed by atoms with Crippen LogP contribution >= 0.6 is 0 Å². The Morgan fingerprint density at radius 2 is 1.89 bits per heavy atom. The monoisotopic (exact) mass is 496 g/mol. The smallest absolute Gasteiger partial charge is 0.243 e. The summed E-state index contributed by atoms with van der Waals surface area (Å²) in [5, 5.41) is 3.52. The SMILES string of the molecule is CCCCn1cc[n+](CCCN2C(=O)[C@H](Cc3ccccc3)NC2(C)C)c1.[I-]. The second-order valence-electron chi connectivity index (χ2n) is 8.03. The fourth-order valence-corrected chi connectivity index (χ4v) is 3.86. The highest BCUT2D eigenvalue weighted by molar-refractivity contribution is 5.85. The van der Waals surface area contributed by atoms with Crippen LogP contribution in [0.1, 0.15) is 45.6 Å². The third kappa shape index (κ3) is 5.80. The van der Waals surface area contributed by atoms with Gasteiger partial charge in [-0.2, -0.15) is 0 Å². The predicted octanol–water partition coefficient (Wildman–Crippen LogP) is -0.251. The van der Waals surface area contributed by atoms with Crippen LogP contribution in [0.15, 0.2) is 49.1 Å². The molecule has 1 aromatic heterocycles. The number of nitrogens with one attached hydrogen (secondary N) is 1. The number of carbonyl (C=O) groups is 1. The van der Waals surface area contributed by atoms with Crippen LogP contribution in [0.3, 0.4) is 0 Å². The Hall–Kier alpha value is -1.41. The first kappa shape index (κ1) is 22.9. The van der Waals surface area contributed by atoms with Crippen molar-refractivity contribution in [2.24, 2.45) is 0 Å². The van der Waals surface area contributed by atoms with Gasteiger partial charge in [0.25, 0.3) is 0 Å². The normalized spacial score (nSPS) is 18.3. The van der Waals surface area contributed by atoms with Crippen molar-refractivity contribution >= 4 is 5.91 Å². The highest BCUT2D eigenvalue weighted by Crippen LogP contribution is 2.23. The van der Waals surface area contributed by atoms with Crippen LogP contribution in [-0.4, -0.2) is 33.6 Å². The molecule has 1 aliphatic heterocycles. The quantitative estimate of drug-likeness (QED) is 0.385. The molecule has 1 atom stereocenters. The highest BCUT2D eigenvalue weighted by atomic mass is 127. The summed E-state index contributed by atoms with van der Waals surface area (Å²) in [7, 11) is 0. The zero-order valence-corrected chi connectivity index (χ0v) is 19.4. The molecule has 154 valence electrons. The van der Waals surface area contributed by atoms with E-state index < -0.39 is 0 Å². The maximum atomic E-state index is 12.9. The summed E-state index contributed by atoms with van der Waals surface area (Å²) in [4.78, 5) is 15.0. The van der Waals surface area contributed by atoms with E-state index in [1.165, 1.54) is 18.4 Å². The summed E-state index contributed by atoms with van der Waals surface area (Å²) in [5.74, 6) is 0.217. The number of carbonyl (C=O) groups excluding carboxylic acids is 1. The zero-order valence-electron chi connectivity index (χ0n) is 17.3. The number of unbranched alkanes of at least 4 members (excludes halogenated alkanes) is 1. The van der Waals surface area contributed by atoms with Gasteiger partial charge in [0, 0.05) is 13.0 Å². The third-order valence-electron chi connectivity index (χ3n) is 5.36. The number of imidazole rings is 1. The Balaban J connectivity index is 0.00000280. The van der Waals surface area contributed by atoms with Gasteiger partial charge < -0.3 is 28.9 Å². The summed E-state index contributed by atoms with van der Waals surface area (Å²) in [6, 6.07) is 10.1. The lowest BCUT2D eigenvalue weighted by molar-refractivity contribution is -0.696. The number of benzene rings is 1. The van der Waals surface area contributed by atoms with Gasteiger partial charge in [0.1, 0.15) is 12.4 Å². The first-order valence-electron chi connectivity index (χ1n) is 10.2. The van der Waals surface area contributed by atoms with Crippen LogP contribution < -0.4 is 33.9 Å². The number of nitrogens with zero attached hydrogens (tertiary/aromatic N) is 3. The second kappa shape index (κ2) is 10.4. The minimum Gasteiger partial charge on any atom is -1.00 e. The Bertz CT molecular complexity index is 744. The van der Waals surface area contributed by atoms with Crippen LogP contribution in [0.25, 0.3) is 0 Å². The van der Waals surface area contributed by atoms with Crippen LogP contribution in [0.5, 0.6) is 0 Å². The lowest BCUT2D eigenvalue weighted by Crippen LogP contribution is -3.00. The third-order valence-corrected chi connectivity index (χ3v) is 5.36. The Morgan fingerprint density at radius 3 is 2.61 bits per heavy atom. The Kier molecular flexibility index (Phi) is 8.49. The molecule has 1 aromatic carbocycles. The molecular formula is C22H33IN4O. The van der Waals surface area contributed by atoms with Crippen molar-refractivity contribution < 1.29 is 33.3 Å². The summed E-state index contributed by atoms with van der Waals surface area (Å²) in [6.45, 7) is 9.20. The van der Waals surface area contributed by atoms with Crippen molar-refractivity contribution in [1.82, 2.24) is 14.8 Å². The van der Waals surface area contributed by atoms with Crippen LogP contribution in [0.2, 0.25) is 0 Å². The van der Waals surface area contributed by atoms with Gasteiger partial charge in [-0.1, -0.05) is 43.7 Å². The van der Waals surface area contributed by atoms with E-state index in [9.17, 15) is 4.79 Å². The zero-order chi connectivity index (χ0) is 19.3. The van der Waals surface area contributed by atoms with Gasteiger partial charge in [0.05, 0.1) is 24.8 Å². The average molecular weight is 496 g/mol. The number of halogens is 1. The van der Waals surface area contributed by atoms with Crippen molar-refractivity contribution in [2.75, 3.05) is 6.54 Å². The van der Waals surface area contributed by atoms with Gasteiger partial charge in [0.15, 0.2) is 0 Å². The largest absolute Gasteiger partial charge is 1.00 e. The van der Waals surface area contributed by atoms with Gasteiger partial charge in [-0.3, -0.25) is 10.1 Å². The van der Waals surface area contributed by atoms with Crippen LogP contribution in [-0.2, 0) is 24.3 Å². The highest BCUT2D eigenvalue weighted by Gasteiger charge is 2.43. The minimum absolute atomic E-state index is 0. The van der Waals surface area contributed by atoms with Crippen LogP contribution in [0.4, 0.5) is 0 Å². The molecule has 1 N–H and O–H groups in total. The molecule has 1 fully saturated rings. The molecule has 0 spiro atoms. The van der Waals surface area contributed by atoms with E-state index >= 15 is 0 Å². The van der Waals surface area contributed by atoms with Gasteiger partial charge in [-0.25, -0.2) is 9.13 Å². The molecule has 28 heavy (non-hydrogen) atoms. The number of aryl methyl sites for hydroxylation is 2. The topological polar surface area (TPSA) is 41.1 Å². The molecule has 1 amide bonds. The maximum absolute atomic E-state index is 12.9. The molecular weight excluding hydrogens is 463 g/mol. The molecule has 3 rings (SSSR count). The fourth-order valence-electron chi connectivity index (χ4n) is 3.86. The van der Waals surface area contributed by atoms with Crippen molar-refractivity contribution in [1.29, 1.82) is 0 Å². The molecule has 6 heteroatoms. The predicted molar refractivity (Wildman–Crippen MR) is 107 cm³/mol. The van der Waals surface area contributed by atoms with Crippen LogP contribution in [0, 0.1) is 0 Å². The molecule has 0 aliphatic carbocycles. The van der Waals surface area contributed by atoms with Gasteiger partial charge in [0.2, 0.25) is 12.2 Å². The van der Waals surface area contributed by atoms with E-state index in [0.717, 1.165) is 32.5 Å². The number of rotatable bonds is 9. The molecule has 0 unspecified atom stereocenters. The van der Waals surface area contributed by atoms with E-state index in [1.54, 1.807) is 0 Å². The molecule has 2 aromatic rings. The first-order chi connectivity index (χ1) is 13.0. The molecule has 1 saturated heterocycles. The van der Waals surface area contributed by atoms with E-state index in [1.807, 2.05) is 23.1 Å². The Labute approximate surface area is 186 Å². The molecule has 0 saturated carbocycles. The van der Waals surface area contributed by atoms with E-state index in [2.05, 4.69) is 66.1 Å². The summed E-state index contributed by atoms with van der Waals surface area (Å²) >= 11 is 0. The number of aromatic nitrogens is 2. The fraction of sp³-hybridized carbons (Fsp3) is 0.545. The number of hydrogen-bond donors (Lipinski definition) is 1.